The molecule has 2 unspecified atom stereocenters. The van der Waals surface area contributed by atoms with Crippen molar-refractivity contribution in [1.29, 1.82) is 0 Å². The monoisotopic (exact) mass is 678 g/mol. The number of aromatic nitrogens is 2. The van der Waals surface area contributed by atoms with Gasteiger partial charge in [-0.15, -0.1) is 0 Å². The molecule has 2 aromatic carbocycles. The fourth-order valence-corrected chi connectivity index (χ4v) is 5.25. The van der Waals surface area contributed by atoms with E-state index in [0.29, 0.717) is 24.6 Å². The summed E-state index contributed by atoms with van der Waals surface area (Å²) in [6, 6.07) is 13.0. The lowest BCUT2D eigenvalue weighted by molar-refractivity contribution is -0.135. The van der Waals surface area contributed by atoms with E-state index in [1.807, 2.05) is 30.3 Å². The average Bonchev–Trinajstić information content (AvgIpc) is 3.48. The quantitative estimate of drug-likeness (QED) is 0.249. The molecule has 0 saturated carbocycles. The highest BCUT2D eigenvalue weighted by Crippen LogP contribution is 2.26. The van der Waals surface area contributed by atoms with Gasteiger partial charge in [0.2, 0.25) is 11.8 Å². The molecular formula is C36H47FN6O6. The summed E-state index contributed by atoms with van der Waals surface area (Å²) in [5.41, 5.74) is -0.783. The van der Waals surface area contributed by atoms with Gasteiger partial charge in [-0.2, -0.15) is 0 Å². The van der Waals surface area contributed by atoms with Crippen LogP contribution in [0.2, 0.25) is 0 Å². The number of piperidine rings is 1. The molecule has 3 N–H and O–H groups in total. The molecular weight excluding hydrogens is 631 g/mol. The zero-order chi connectivity index (χ0) is 35.8. The number of halogens is 1. The Morgan fingerprint density at radius 2 is 1.63 bits per heavy atom. The van der Waals surface area contributed by atoms with Crippen molar-refractivity contribution < 1.29 is 33.0 Å². The SMILES string of the molecule is CC1CCN(C(=O)C(c2ccc(F)cc2)n2cnc(NC(=O)C(COCc3ccccc3)NC(=O)C(C)(C)NC(=O)OC(C)(C)C)c2)CC1. The predicted octanol–water partition coefficient (Wildman–Crippen LogP) is 4.81. The second kappa shape index (κ2) is 16.1. The number of rotatable bonds is 12. The van der Waals surface area contributed by atoms with Crippen molar-refractivity contribution in [2.24, 2.45) is 5.92 Å². The highest BCUT2D eigenvalue weighted by molar-refractivity contribution is 5.98. The summed E-state index contributed by atoms with van der Waals surface area (Å²) < 4.78 is 26.5. The number of amides is 4. The van der Waals surface area contributed by atoms with Crippen LogP contribution in [-0.4, -0.2) is 75.1 Å². The van der Waals surface area contributed by atoms with Crippen LogP contribution in [0.5, 0.6) is 0 Å². The minimum atomic E-state index is -1.45. The maximum atomic E-state index is 13.8. The molecule has 49 heavy (non-hydrogen) atoms. The van der Waals surface area contributed by atoms with Gasteiger partial charge in [0.15, 0.2) is 5.82 Å². The Bertz CT molecular complexity index is 1580. The highest BCUT2D eigenvalue weighted by atomic mass is 19.1. The van der Waals surface area contributed by atoms with Crippen molar-refractivity contribution >= 4 is 29.6 Å². The Hall–Kier alpha value is -4.78. The lowest BCUT2D eigenvalue weighted by atomic mass is 9.97. The summed E-state index contributed by atoms with van der Waals surface area (Å²) in [4.78, 5) is 59.4. The fourth-order valence-electron chi connectivity index (χ4n) is 5.25. The number of imidazole rings is 1. The van der Waals surface area contributed by atoms with Crippen LogP contribution < -0.4 is 16.0 Å². The van der Waals surface area contributed by atoms with Gasteiger partial charge in [-0.3, -0.25) is 14.4 Å². The number of carbonyl (C=O) groups is 4. The minimum Gasteiger partial charge on any atom is -0.444 e. The van der Waals surface area contributed by atoms with E-state index in [0.717, 1.165) is 18.4 Å². The van der Waals surface area contributed by atoms with Crippen LogP contribution in [0.15, 0.2) is 67.1 Å². The van der Waals surface area contributed by atoms with E-state index in [4.69, 9.17) is 9.47 Å². The smallest absolute Gasteiger partial charge is 0.408 e. The summed E-state index contributed by atoms with van der Waals surface area (Å²) in [5.74, 6) is -1.21. The molecule has 0 bridgehead atoms. The number of carbonyl (C=O) groups excluding carboxylic acids is 4. The third-order valence-electron chi connectivity index (χ3n) is 8.06. The van der Waals surface area contributed by atoms with Crippen LogP contribution in [-0.2, 0) is 30.5 Å². The molecule has 12 nitrogen and oxygen atoms in total. The van der Waals surface area contributed by atoms with E-state index in [-0.39, 0.29) is 24.9 Å². The van der Waals surface area contributed by atoms with Crippen molar-refractivity contribution in [2.75, 3.05) is 25.0 Å². The molecule has 4 rings (SSSR count). The minimum absolute atomic E-state index is 0.130. The average molecular weight is 679 g/mol. The van der Waals surface area contributed by atoms with Gasteiger partial charge in [0, 0.05) is 19.3 Å². The first-order valence-electron chi connectivity index (χ1n) is 16.4. The Balaban J connectivity index is 1.52. The van der Waals surface area contributed by atoms with Gasteiger partial charge < -0.3 is 34.9 Å². The molecule has 2 heterocycles. The van der Waals surface area contributed by atoms with E-state index in [9.17, 15) is 23.6 Å². The lowest BCUT2D eigenvalue weighted by Crippen LogP contribution is -2.59. The van der Waals surface area contributed by atoms with Crippen molar-refractivity contribution in [1.82, 2.24) is 25.1 Å². The van der Waals surface area contributed by atoms with Gasteiger partial charge in [-0.05, 0) is 76.6 Å². The van der Waals surface area contributed by atoms with Crippen LogP contribution in [0.25, 0.3) is 0 Å². The molecule has 264 valence electrons. The van der Waals surface area contributed by atoms with Crippen molar-refractivity contribution in [3.05, 3.63) is 84.1 Å². The maximum absolute atomic E-state index is 13.8. The summed E-state index contributed by atoms with van der Waals surface area (Å²) >= 11 is 0. The zero-order valence-corrected chi connectivity index (χ0v) is 29.0. The van der Waals surface area contributed by atoms with Gasteiger partial charge in [0.05, 0.1) is 19.5 Å². The number of hydrogen-bond donors (Lipinski definition) is 3. The van der Waals surface area contributed by atoms with Crippen LogP contribution in [0.4, 0.5) is 15.0 Å². The van der Waals surface area contributed by atoms with Crippen LogP contribution in [0, 0.1) is 11.7 Å². The van der Waals surface area contributed by atoms with Crippen molar-refractivity contribution in [2.45, 2.75) is 84.2 Å². The lowest BCUT2D eigenvalue weighted by Gasteiger charge is -2.33. The van der Waals surface area contributed by atoms with Crippen molar-refractivity contribution in [3.8, 4) is 0 Å². The highest BCUT2D eigenvalue weighted by Gasteiger charge is 2.35. The number of alkyl carbamates (subject to hydrolysis) is 1. The Labute approximate surface area is 286 Å². The summed E-state index contributed by atoms with van der Waals surface area (Å²) in [5, 5.41) is 7.94. The molecule has 0 radical (unpaired) electrons. The third-order valence-corrected chi connectivity index (χ3v) is 8.06. The van der Waals surface area contributed by atoms with E-state index < -0.39 is 46.9 Å². The number of nitrogens with one attached hydrogen (secondary N) is 3. The molecule has 13 heteroatoms. The first kappa shape index (κ1) is 37.0. The van der Waals surface area contributed by atoms with E-state index in [1.54, 1.807) is 42.4 Å². The van der Waals surface area contributed by atoms with E-state index >= 15 is 0 Å². The number of benzene rings is 2. The topological polar surface area (TPSA) is 144 Å². The standard InChI is InChI=1S/C36H47FN6O6/c1-24-16-18-42(19-17-24)32(45)30(26-12-14-27(37)15-13-26)43-20-29(38-23-43)40-31(44)28(22-48-21-25-10-8-7-9-11-25)39-33(46)36(5,6)41-34(47)49-35(2,3)4/h7-15,20,23-24,28,30H,16-19,21-22H2,1-6H3,(H,39,46)(H,40,44)(H,41,47). The van der Waals surface area contributed by atoms with Crippen LogP contribution in [0.1, 0.15) is 71.6 Å². The summed E-state index contributed by atoms with van der Waals surface area (Å²) in [7, 11) is 0. The van der Waals surface area contributed by atoms with Gasteiger partial charge in [-0.25, -0.2) is 14.2 Å². The van der Waals surface area contributed by atoms with Gasteiger partial charge in [-0.1, -0.05) is 49.4 Å². The number of nitrogens with zero attached hydrogens (tertiary/aromatic N) is 3. The van der Waals surface area contributed by atoms with Gasteiger partial charge in [0.1, 0.15) is 29.0 Å². The molecule has 1 fully saturated rings. The fraction of sp³-hybridized carbons (Fsp3) is 0.472. The number of likely N-dealkylation sites (tertiary alicyclic amines) is 1. The Kier molecular flexibility index (Phi) is 12.2. The van der Waals surface area contributed by atoms with Gasteiger partial charge in [0.25, 0.3) is 5.91 Å². The number of anilines is 1. The van der Waals surface area contributed by atoms with Crippen molar-refractivity contribution in [3.63, 3.8) is 0 Å². The third kappa shape index (κ3) is 10.9. The Morgan fingerprint density at radius 1 is 0.980 bits per heavy atom. The number of hydrogen-bond acceptors (Lipinski definition) is 7. The molecule has 0 spiro atoms. The normalized spacial score (nSPS) is 15.2. The second-order valence-electron chi connectivity index (χ2n) is 13.9. The zero-order valence-electron chi connectivity index (χ0n) is 29.0. The summed E-state index contributed by atoms with van der Waals surface area (Å²) in [6.45, 7) is 11.5. The second-order valence-corrected chi connectivity index (χ2v) is 13.9. The number of ether oxygens (including phenoxy) is 2. The van der Waals surface area contributed by atoms with E-state index in [1.165, 1.54) is 38.5 Å². The molecule has 1 aliphatic rings. The molecule has 3 aromatic rings. The molecule has 0 aliphatic carbocycles. The van der Waals surface area contributed by atoms with Gasteiger partial charge >= 0.3 is 6.09 Å². The first-order chi connectivity index (χ1) is 23.1. The molecule has 1 aromatic heterocycles. The molecule has 1 aliphatic heterocycles. The molecule has 2 atom stereocenters. The Morgan fingerprint density at radius 3 is 2.27 bits per heavy atom. The largest absolute Gasteiger partial charge is 0.444 e. The molecule has 1 saturated heterocycles. The maximum Gasteiger partial charge on any atom is 0.408 e. The first-order valence-corrected chi connectivity index (χ1v) is 16.4. The van der Waals surface area contributed by atoms with Crippen LogP contribution >= 0.6 is 0 Å². The van der Waals surface area contributed by atoms with Crippen LogP contribution in [0.3, 0.4) is 0 Å². The summed E-state index contributed by atoms with van der Waals surface area (Å²) in [6.07, 6.45) is 3.94. The predicted molar refractivity (Wildman–Crippen MR) is 182 cm³/mol. The van der Waals surface area contributed by atoms with E-state index in [2.05, 4.69) is 27.9 Å². The molecule has 4 amide bonds.